The summed E-state index contributed by atoms with van der Waals surface area (Å²) in [6.45, 7) is 16.9. The quantitative estimate of drug-likeness (QED) is 0.0794. The van der Waals surface area contributed by atoms with E-state index in [2.05, 4.69) is 47.6 Å². The van der Waals surface area contributed by atoms with Crippen LogP contribution in [0.1, 0.15) is 196 Å². The summed E-state index contributed by atoms with van der Waals surface area (Å²) < 4.78 is 6.26. The second kappa shape index (κ2) is 16.4. The summed E-state index contributed by atoms with van der Waals surface area (Å²) in [6.07, 6.45) is 27.8. The Labute approximate surface area is 313 Å². The van der Waals surface area contributed by atoms with Gasteiger partial charge in [-0.25, -0.2) is 0 Å². The number of ether oxygens (including phenoxy) is 1. The lowest BCUT2D eigenvalue weighted by molar-refractivity contribution is -0.243. The molecule has 10 atom stereocenters. The minimum absolute atomic E-state index is 0.0204. The zero-order valence-corrected chi connectivity index (χ0v) is 34.3. The Hall–Kier alpha value is -0.910. The van der Waals surface area contributed by atoms with Gasteiger partial charge in [-0.1, -0.05) is 144 Å². The van der Waals surface area contributed by atoms with E-state index in [0.717, 1.165) is 64.2 Å². The first kappa shape index (κ1) is 41.3. The van der Waals surface area contributed by atoms with E-state index in [9.17, 15) is 20.1 Å². The number of esters is 1. The minimum atomic E-state index is -0.898. The Kier molecular flexibility index (Phi) is 13.3. The van der Waals surface area contributed by atoms with E-state index in [1.54, 1.807) is 0 Å². The molecule has 5 heteroatoms. The molecule has 0 spiro atoms. The number of unbranched alkanes of at least 4 members (excludes halogenated alkanes) is 13. The molecule has 0 aliphatic heterocycles. The molecule has 0 amide bonds. The number of aliphatic hydroxyl groups is 3. The number of hydrogen-bond donors (Lipinski definition) is 3. The van der Waals surface area contributed by atoms with Crippen molar-refractivity contribution in [3.8, 4) is 0 Å². The molecule has 3 N–H and O–H groups in total. The third-order valence-corrected chi connectivity index (χ3v) is 16.9. The van der Waals surface area contributed by atoms with E-state index < -0.39 is 23.0 Å². The maximum Gasteiger partial charge on any atom is 0.312 e. The van der Waals surface area contributed by atoms with Gasteiger partial charge in [-0.15, -0.1) is 0 Å². The van der Waals surface area contributed by atoms with E-state index in [4.69, 9.17) is 4.74 Å². The van der Waals surface area contributed by atoms with Crippen molar-refractivity contribution in [1.82, 2.24) is 0 Å². The second-order valence-electron chi connectivity index (χ2n) is 20.5. The van der Waals surface area contributed by atoms with E-state index in [1.807, 2.05) is 6.92 Å². The highest BCUT2D eigenvalue weighted by Gasteiger charge is 2.70. The van der Waals surface area contributed by atoms with Gasteiger partial charge in [-0.2, -0.15) is 0 Å². The highest BCUT2D eigenvalue weighted by molar-refractivity contribution is 5.78. The lowest BCUT2D eigenvalue weighted by atomic mass is 9.33. The number of aliphatic hydroxyl groups excluding tert-OH is 3. The standard InChI is InChI=1S/C46H80O5/c1-8-9-10-11-12-13-14-15-16-17-18-19-20-21-30-51-40(50)46-28-26-41(2,3)31-35(46)34-22-23-38-42(4)32-36(48)39(49)43(5,33-47)37(42)24-25-45(38,7)44(34,6)27-29-46/h22,35-39,47-49H,8-21,23-33H2,1-7H3/t35-,36+,37+,38+,39-,42-,43-,44+,45+,46-/m0/s1. The van der Waals surface area contributed by atoms with Crippen LogP contribution in [0.15, 0.2) is 11.6 Å². The van der Waals surface area contributed by atoms with Crippen LogP contribution in [0.25, 0.3) is 0 Å². The molecule has 0 unspecified atom stereocenters. The van der Waals surface area contributed by atoms with Crippen molar-refractivity contribution in [2.24, 2.45) is 50.2 Å². The van der Waals surface area contributed by atoms with Crippen LogP contribution in [0.4, 0.5) is 0 Å². The Morgan fingerprint density at radius 1 is 0.745 bits per heavy atom. The fourth-order valence-electron chi connectivity index (χ4n) is 13.4. The third kappa shape index (κ3) is 7.68. The molecule has 5 aliphatic rings. The van der Waals surface area contributed by atoms with Gasteiger partial charge < -0.3 is 20.1 Å². The van der Waals surface area contributed by atoms with Crippen molar-refractivity contribution in [3.05, 3.63) is 11.6 Å². The minimum Gasteiger partial charge on any atom is -0.465 e. The molecule has 4 fully saturated rings. The maximum atomic E-state index is 14.3. The van der Waals surface area contributed by atoms with Crippen LogP contribution in [-0.2, 0) is 9.53 Å². The fraction of sp³-hybridized carbons (Fsp3) is 0.935. The summed E-state index contributed by atoms with van der Waals surface area (Å²) in [7, 11) is 0. The van der Waals surface area contributed by atoms with Gasteiger partial charge in [-0.05, 0) is 104 Å². The Balaban J connectivity index is 1.19. The van der Waals surface area contributed by atoms with Gasteiger partial charge in [0.05, 0.1) is 30.8 Å². The van der Waals surface area contributed by atoms with Gasteiger partial charge in [0.1, 0.15) is 0 Å². The zero-order valence-electron chi connectivity index (χ0n) is 34.3. The van der Waals surface area contributed by atoms with Gasteiger partial charge in [-0.3, -0.25) is 4.79 Å². The van der Waals surface area contributed by atoms with Crippen LogP contribution in [0.5, 0.6) is 0 Å². The first-order valence-corrected chi connectivity index (χ1v) is 22.0. The van der Waals surface area contributed by atoms with E-state index in [1.165, 1.54) is 82.6 Å². The largest absolute Gasteiger partial charge is 0.465 e. The molecule has 4 saturated carbocycles. The lowest BCUT2D eigenvalue weighted by Crippen LogP contribution is -2.68. The molecule has 0 bridgehead atoms. The van der Waals surface area contributed by atoms with E-state index >= 15 is 0 Å². The van der Waals surface area contributed by atoms with Crippen LogP contribution in [0.2, 0.25) is 0 Å². The summed E-state index contributed by atoms with van der Waals surface area (Å²) in [5, 5.41) is 32.9. The van der Waals surface area contributed by atoms with Crippen LogP contribution >= 0.6 is 0 Å². The molecule has 0 radical (unpaired) electrons. The summed E-state index contributed by atoms with van der Waals surface area (Å²) in [5.41, 5.74) is 0.407. The normalized spacial score (nSPS) is 41.5. The molecule has 5 rings (SSSR count). The van der Waals surface area contributed by atoms with E-state index in [0.29, 0.717) is 18.9 Å². The van der Waals surface area contributed by atoms with Crippen LogP contribution < -0.4 is 0 Å². The summed E-state index contributed by atoms with van der Waals surface area (Å²) in [4.78, 5) is 14.3. The van der Waals surface area contributed by atoms with Crippen molar-refractivity contribution in [3.63, 3.8) is 0 Å². The molecule has 0 aromatic heterocycles. The van der Waals surface area contributed by atoms with Crippen molar-refractivity contribution in [2.45, 2.75) is 208 Å². The number of allylic oxidation sites excluding steroid dienone is 2. The monoisotopic (exact) mass is 713 g/mol. The fourth-order valence-corrected chi connectivity index (χ4v) is 13.4. The molecule has 0 aromatic carbocycles. The lowest BCUT2D eigenvalue weighted by Gasteiger charge is -2.71. The van der Waals surface area contributed by atoms with Gasteiger partial charge in [0.25, 0.3) is 0 Å². The topological polar surface area (TPSA) is 87.0 Å². The van der Waals surface area contributed by atoms with Gasteiger partial charge in [0, 0.05) is 5.41 Å². The first-order valence-electron chi connectivity index (χ1n) is 22.0. The highest BCUT2D eigenvalue weighted by atomic mass is 16.5. The van der Waals surface area contributed by atoms with Crippen molar-refractivity contribution in [2.75, 3.05) is 13.2 Å². The van der Waals surface area contributed by atoms with E-state index in [-0.39, 0.29) is 46.1 Å². The SMILES string of the molecule is CCCCCCCCCCCCCCCCOC(=O)[C@]12CCC(C)(C)C[C@H]1C1=CC[C@@H]3[C@@]4(C)C[C@@H](O)[C@H](O)[C@@](C)(CO)[C@@H]4CC[C@@]3(C)[C@]1(C)CC2. The predicted octanol–water partition coefficient (Wildman–Crippen LogP) is 11.1. The van der Waals surface area contributed by atoms with Crippen molar-refractivity contribution >= 4 is 5.97 Å². The molecule has 294 valence electrons. The molecule has 0 saturated heterocycles. The molecule has 0 aromatic rings. The van der Waals surface area contributed by atoms with Gasteiger partial charge in [0.15, 0.2) is 0 Å². The zero-order chi connectivity index (χ0) is 37.1. The van der Waals surface area contributed by atoms with Crippen LogP contribution in [0, 0.1) is 50.2 Å². The Morgan fingerprint density at radius 2 is 1.31 bits per heavy atom. The number of hydrogen-bond acceptors (Lipinski definition) is 5. The number of carbonyl (C=O) groups excluding carboxylic acids is 1. The molecule has 0 heterocycles. The Morgan fingerprint density at radius 3 is 1.90 bits per heavy atom. The number of carbonyl (C=O) groups is 1. The first-order chi connectivity index (χ1) is 24.2. The highest BCUT2D eigenvalue weighted by Crippen LogP contribution is 2.75. The molecule has 5 nitrogen and oxygen atoms in total. The summed E-state index contributed by atoms with van der Waals surface area (Å²) in [5.74, 6) is 0.799. The average molecular weight is 713 g/mol. The van der Waals surface area contributed by atoms with Crippen molar-refractivity contribution in [1.29, 1.82) is 0 Å². The molecular formula is C46H80O5. The maximum absolute atomic E-state index is 14.3. The smallest absolute Gasteiger partial charge is 0.312 e. The summed E-state index contributed by atoms with van der Waals surface area (Å²) in [6, 6.07) is 0. The molecule has 5 aliphatic carbocycles. The predicted molar refractivity (Wildman–Crippen MR) is 209 cm³/mol. The van der Waals surface area contributed by atoms with Gasteiger partial charge >= 0.3 is 5.97 Å². The van der Waals surface area contributed by atoms with Crippen molar-refractivity contribution < 1.29 is 24.9 Å². The van der Waals surface area contributed by atoms with Gasteiger partial charge in [0.2, 0.25) is 0 Å². The summed E-state index contributed by atoms with van der Waals surface area (Å²) >= 11 is 0. The molecule has 51 heavy (non-hydrogen) atoms. The Bertz CT molecular complexity index is 1190. The average Bonchev–Trinajstić information content (AvgIpc) is 3.08. The third-order valence-electron chi connectivity index (χ3n) is 16.9. The molecular weight excluding hydrogens is 633 g/mol. The number of fused-ring (bicyclic) bond motifs is 7. The van der Waals surface area contributed by atoms with Crippen LogP contribution in [-0.4, -0.2) is 46.7 Å². The van der Waals surface area contributed by atoms with Crippen LogP contribution in [0.3, 0.4) is 0 Å². The second-order valence-corrected chi connectivity index (χ2v) is 20.5. The number of rotatable bonds is 17.